The number of amides is 2. The van der Waals surface area contributed by atoms with Gasteiger partial charge in [-0.05, 0) is 36.9 Å². The van der Waals surface area contributed by atoms with Crippen molar-refractivity contribution in [3.8, 4) is 0 Å². The lowest BCUT2D eigenvalue weighted by atomic mass is 9.83. The van der Waals surface area contributed by atoms with Crippen molar-refractivity contribution in [2.45, 2.75) is 19.8 Å². The van der Waals surface area contributed by atoms with Crippen LogP contribution in [0.4, 0.5) is 19.3 Å². The van der Waals surface area contributed by atoms with E-state index in [1.807, 2.05) is 0 Å². The number of rotatable bonds is 3. The number of carbonyl (C=O) groups is 1. The largest absolute Gasteiger partial charge is 0.337 e. The standard InChI is InChI=1S/C14H19F2N3O/c1-14(5-2-6-17-8-14)9-18-13(20)19-12-4-3-10(15)7-11(12)16/h3-4,7,17H,2,5-6,8-9H2,1H3,(H2,18,19,20). The number of hydrogen-bond donors (Lipinski definition) is 3. The van der Waals surface area contributed by atoms with Crippen molar-refractivity contribution in [1.29, 1.82) is 0 Å². The fourth-order valence-electron chi connectivity index (χ4n) is 2.32. The molecule has 1 heterocycles. The molecular formula is C14H19F2N3O. The van der Waals surface area contributed by atoms with Crippen LogP contribution >= 0.6 is 0 Å². The van der Waals surface area contributed by atoms with Gasteiger partial charge in [0.05, 0.1) is 5.69 Å². The number of carbonyl (C=O) groups excluding carboxylic acids is 1. The first-order valence-electron chi connectivity index (χ1n) is 6.69. The number of benzene rings is 1. The van der Waals surface area contributed by atoms with Gasteiger partial charge in [0.15, 0.2) is 0 Å². The number of hydrogen-bond acceptors (Lipinski definition) is 2. The highest BCUT2D eigenvalue weighted by Gasteiger charge is 2.27. The fourth-order valence-corrected chi connectivity index (χ4v) is 2.32. The van der Waals surface area contributed by atoms with Gasteiger partial charge in [0.25, 0.3) is 0 Å². The summed E-state index contributed by atoms with van der Waals surface area (Å²) in [5.41, 5.74) is -0.0208. The van der Waals surface area contributed by atoms with Crippen LogP contribution in [0.25, 0.3) is 0 Å². The zero-order valence-electron chi connectivity index (χ0n) is 11.4. The van der Waals surface area contributed by atoms with E-state index in [2.05, 4.69) is 22.9 Å². The minimum atomic E-state index is -0.786. The summed E-state index contributed by atoms with van der Waals surface area (Å²) >= 11 is 0. The van der Waals surface area contributed by atoms with E-state index >= 15 is 0 Å². The molecule has 0 aliphatic carbocycles. The van der Waals surface area contributed by atoms with Crippen LogP contribution in [0.1, 0.15) is 19.8 Å². The molecule has 1 aromatic carbocycles. The van der Waals surface area contributed by atoms with E-state index in [4.69, 9.17) is 0 Å². The van der Waals surface area contributed by atoms with Gasteiger partial charge >= 0.3 is 6.03 Å². The zero-order valence-corrected chi connectivity index (χ0v) is 11.4. The lowest BCUT2D eigenvalue weighted by Gasteiger charge is -2.34. The Morgan fingerprint density at radius 2 is 2.25 bits per heavy atom. The molecule has 2 rings (SSSR count). The SMILES string of the molecule is CC1(CNC(=O)Nc2ccc(F)cc2F)CCCNC1. The molecule has 2 amide bonds. The number of piperidine rings is 1. The minimum absolute atomic E-state index is 0.0108. The van der Waals surface area contributed by atoms with E-state index in [0.29, 0.717) is 6.54 Å². The Morgan fingerprint density at radius 3 is 2.90 bits per heavy atom. The summed E-state index contributed by atoms with van der Waals surface area (Å²) in [5.74, 6) is -1.46. The predicted molar refractivity (Wildman–Crippen MR) is 73.6 cm³/mol. The van der Waals surface area contributed by atoms with Crippen LogP contribution in [0.15, 0.2) is 18.2 Å². The Labute approximate surface area is 116 Å². The smallest absolute Gasteiger partial charge is 0.319 e. The van der Waals surface area contributed by atoms with Crippen LogP contribution in [0.2, 0.25) is 0 Å². The van der Waals surface area contributed by atoms with E-state index in [1.54, 1.807) is 0 Å². The first-order valence-corrected chi connectivity index (χ1v) is 6.69. The molecule has 0 radical (unpaired) electrons. The average molecular weight is 283 g/mol. The van der Waals surface area contributed by atoms with Crippen LogP contribution in [0, 0.1) is 17.0 Å². The summed E-state index contributed by atoms with van der Waals surface area (Å²) in [5, 5.41) is 8.41. The maximum Gasteiger partial charge on any atom is 0.319 e. The van der Waals surface area contributed by atoms with Gasteiger partial charge in [0.1, 0.15) is 11.6 Å². The molecule has 0 bridgehead atoms. The van der Waals surface area contributed by atoms with Crippen molar-refractivity contribution in [2.75, 3.05) is 25.0 Å². The highest BCUT2D eigenvalue weighted by atomic mass is 19.1. The van der Waals surface area contributed by atoms with Crippen molar-refractivity contribution in [3.63, 3.8) is 0 Å². The van der Waals surface area contributed by atoms with Gasteiger partial charge in [-0.15, -0.1) is 0 Å². The molecule has 1 fully saturated rings. The Bertz CT molecular complexity index is 487. The highest BCUT2D eigenvalue weighted by molar-refractivity contribution is 5.89. The minimum Gasteiger partial charge on any atom is -0.337 e. The molecule has 1 aliphatic rings. The first-order chi connectivity index (χ1) is 9.48. The van der Waals surface area contributed by atoms with Crippen LogP contribution in [0.3, 0.4) is 0 Å². The van der Waals surface area contributed by atoms with Gasteiger partial charge in [-0.2, -0.15) is 0 Å². The molecule has 4 nitrogen and oxygen atoms in total. The Balaban J connectivity index is 1.86. The second-order valence-electron chi connectivity index (χ2n) is 5.52. The summed E-state index contributed by atoms with van der Waals surface area (Å²) in [6.45, 7) is 4.45. The van der Waals surface area contributed by atoms with Crippen molar-refractivity contribution in [3.05, 3.63) is 29.8 Å². The predicted octanol–water partition coefficient (Wildman–Crippen LogP) is 2.48. The number of anilines is 1. The summed E-state index contributed by atoms with van der Waals surface area (Å²) in [6.07, 6.45) is 2.11. The summed E-state index contributed by atoms with van der Waals surface area (Å²) in [6, 6.07) is 2.56. The van der Waals surface area contributed by atoms with Gasteiger partial charge < -0.3 is 16.0 Å². The molecule has 1 saturated heterocycles. The van der Waals surface area contributed by atoms with E-state index in [0.717, 1.165) is 38.1 Å². The molecule has 1 atom stereocenters. The molecule has 0 saturated carbocycles. The van der Waals surface area contributed by atoms with Gasteiger partial charge in [0.2, 0.25) is 0 Å². The lowest BCUT2D eigenvalue weighted by molar-refractivity contribution is 0.217. The average Bonchev–Trinajstić information content (AvgIpc) is 2.41. The van der Waals surface area contributed by atoms with Crippen LogP contribution in [-0.4, -0.2) is 25.7 Å². The third-order valence-electron chi connectivity index (χ3n) is 3.54. The first kappa shape index (κ1) is 14.7. The van der Waals surface area contributed by atoms with Crippen molar-refractivity contribution < 1.29 is 13.6 Å². The second kappa shape index (κ2) is 6.17. The number of urea groups is 1. The van der Waals surface area contributed by atoms with Crippen molar-refractivity contribution >= 4 is 11.7 Å². The summed E-state index contributed by atoms with van der Waals surface area (Å²) < 4.78 is 26.1. The molecule has 0 aromatic heterocycles. The third kappa shape index (κ3) is 3.90. The monoisotopic (exact) mass is 283 g/mol. The Morgan fingerprint density at radius 1 is 1.45 bits per heavy atom. The number of nitrogens with one attached hydrogen (secondary N) is 3. The van der Waals surface area contributed by atoms with E-state index in [-0.39, 0.29) is 11.1 Å². The molecular weight excluding hydrogens is 264 g/mol. The zero-order chi connectivity index (χ0) is 14.6. The Hall–Kier alpha value is -1.69. The maximum absolute atomic E-state index is 13.4. The van der Waals surface area contributed by atoms with E-state index < -0.39 is 17.7 Å². The van der Waals surface area contributed by atoms with Gasteiger partial charge in [-0.3, -0.25) is 0 Å². The van der Waals surface area contributed by atoms with Gasteiger partial charge in [-0.25, -0.2) is 13.6 Å². The molecule has 1 aliphatic heterocycles. The van der Waals surface area contributed by atoms with E-state index in [9.17, 15) is 13.6 Å². The van der Waals surface area contributed by atoms with Gasteiger partial charge in [-0.1, -0.05) is 6.92 Å². The quantitative estimate of drug-likeness (QED) is 0.798. The third-order valence-corrected chi connectivity index (χ3v) is 3.54. The van der Waals surface area contributed by atoms with Crippen molar-refractivity contribution in [1.82, 2.24) is 10.6 Å². The van der Waals surface area contributed by atoms with Crippen LogP contribution in [0.5, 0.6) is 0 Å². The van der Waals surface area contributed by atoms with Crippen LogP contribution in [-0.2, 0) is 0 Å². The second-order valence-corrected chi connectivity index (χ2v) is 5.52. The Kier molecular flexibility index (Phi) is 4.54. The summed E-state index contributed by atoms with van der Waals surface area (Å²) in [4.78, 5) is 11.7. The lowest BCUT2D eigenvalue weighted by Crippen LogP contribution is -2.46. The van der Waals surface area contributed by atoms with E-state index in [1.165, 1.54) is 6.07 Å². The fraction of sp³-hybridized carbons (Fsp3) is 0.500. The maximum atomic E-state index is 13.4. The molecule has 20 heavy (non-hydrogen) atoms. The molecule has 1 unspecified atom stereocenters. The summed E-state index contributed by atoms with van der Waals surface area (Å²) in [7, 11) is 0. The molecule has 6 heteroatoms. The number of halogens is 2. The molecule has 0 spiro atoms. The molecule has 110 valence electrons. The highest BCUT2D eigenvalue weighted by Crippen LogP contribution is 2.24. The molecule has 1 aromatic rings. The van der Waals surface area contributed by atoms with Crippen LogP contribution < -0.4 is 16.0 Å². The van der Waals surface area contributed by atoms with Gasteiger partial charge in [0, 0.05) is 19.2 Å². The topological polar surface area (TPSA) is 53.2 Å². The molecule has 3 N–H and O–H groups in total. The normalized spacial score (nSPS) is 22.4. The van der Waals surface area contributed by atoms with Crippen molar-refractivity contribution in [2.24, 2.45) is 5.41 Å².